The van der Waals surface area contributed by atoms with E-state index in [0.717, 1.165) is 5.32 Å². The van der Waals surface area contributed by atoms with Gasteiger partial charge >= 0.3 is 12.3 Å². The molecule has 0 atom stereocenters. The number of nitrogens with one attached hydrogen (secondary N) is 2. The van der Waals surface area contributed by atoms with Crippen LogP contribution in [0.2, 0.25) is 5.02 Å². The summed E-state index contributed by atoms with van der Waals surface area (Å²) in [5, 5.41) is 2.88. The van der Waals surface area contributed by atoms with Crippen molar-refractivity contribution in [2.45, 2.75) is 6.30 Å². The molecule has 1 rings (SSSR count). The average Bonchev–Trinajstić information content (AvgIpc) is 2.08. The molecule has 16 heavy (non-hydrogen) atoms. The Bertz CT molecular complexity index is 408. The van der Waals surface area contributed by atoms with Gasteiger partial charge in [-0.05, 0) is 18.2 Å². The van der Waals surface area contributed by atoms with E-state index in [0.29, 0.717) is 0 Å². The third-order valence-corrected chi connectivity index (χ3v) is 1.84. The SMILES string of the molecule is Nc1ccc(NC(=O)NC(F)(F)F)cc1Cl. The maximum Gasteiger partial charge on any atom is 0.485 e. The highest BCUT2D eigenvalue weighted by atomic mass is 35.5. The second-order valence-electron chi connectivity index (χ2n) is 2.81. The normalized spacial score (nSPS) is 11.0. The van der Waals surface area contributed by atoms with Crippen molar-refractivity contribution in [2.24, 2.45) is 0 Å². The summed E-state index contributed by atoms with van der Waals surface area (Å²) < 4.78 is 35.2. The van der Waals surface area contributed by atoms with Crippen LogP contribution in [-0.4, -0.2) is 12.3 Å². The first-order valence-corrected chi connectivity index (χ1v) is 4.36. The van der Waals surface area contributed by atoms with Crippen LogP contribution in [0.5, 0.6) is 0 Å². The van der Waals surface area contributed by atoms with Crippen molar-refractivity contribution in [3.63, 3.8) is 0 Å². The van der Waals surface area contributed by atoms with Crippen LogP contribution in [0.15, 0.2) is 18.2 Å². The first-order chi connectivity index (χ1) is 7.28. The van der Waals surface area contributed by atoms with E-state index >= 15 is 0 Å². The quantitative estimate of drug-likeness (QED) is 0.532. The Balaban J connectivity index is 2.67. The van der Waals surface area contributed by atoms with Crippen LogP contribution in [0, 0.1) is 0 Å². The molecule has 0 fully saturated rings. The number of halogens is 4. The van der Waals surface area contributed by atoms with E-state index in [9.17, 15) is 18.0 Å². The molecule has 0 aliphatic carbocycles. The minimum Gasteiger partial charge on any atom is -0.398 e. The topological polar surface area (TPSA) is 67.1 Å². The van der Waals surface area contributed by atoms with Crippen LogP contribution in [0.25, 0.3) is 0 Å². The number of carbonyl (C=O) groups is 1. The fourth-order valence-electron chi connectivity index (χ4n) is 0.896. The van der Waals surface area contributed by atoms with Crippen LogP contribution in [-0.2, 0) is 0 Å². The molecule has 0 saturated heterocycles. The number of anilines is 2. The lowest BCUT2D eigenvalue weighted by Crippen LogP contribution is -2.40. The number of hydrogen-bond acceptors (Lipinski definition) is 2. The zero-order valence-electron chi connectivity index (χ0n) is 7.73. The number of alkyl halides is 3. The molecule has 1 aromatic carbocycles. The van der Waals surface area contributed by atoms with Gasteiger partial charge in [-0.15, -0.1) is 0 Å². The molecule has 4 nitrogen and oxygen atoms in total. The minimum absolute atomic E-state index is 0.112. The molecule has 0 bridgehead atoms. The summed E-state index contributed by atoms with van der Waals surface area (Å²) in [5.74, 6) is 0. The smallest absolute Gasteiger partial charge is 0.398 e. The summed E-state index contributed by atoms with van der Waals surface area (Å²) in [6.07, 6.45) is -4.78. The largest absolute Gasteiger partial charge is 0.485 e. The molecule has 2 amide bonds. The zero-order chi connectivity index (χ0) is 12.3. The fraction of sp³-hybridized carbons (Fsp3) is 0.125. The molecule has 0 aliphatic heterocycles. The van der Waals surface area contributed by atoms with E-state index in [-0.39, 0.29) is 16.4 Å². The minimum atomic E-state index is -4.78. The summed E-state index contributed by atoms with van der Waals surface area (Å²) in [6, 6.07) is 2.54. The van der Waals surface area contributed by atoms with E-state index in [1.807, 2.05) is 5.32 Å². The molecular formula is C8H7ClF3N3O. The van der Waals surface area contributed by atoms with Gasteiger partial charge in [0.1, 0.15) is 0 Å². The zero-order valence-corrected chi connectivity index (χ0v) is 8.49. The molecule has 0 spiro atoms. The van der Waals surface area contributed by atoms with Gasteiger partial charge in [0.2, 0.25) is 0 Å². The van der Waals surface area contributed by atoms with Crippen LogP contribution < -0.4 is 16.4 Å². The third-order valence-electron chi connectivity index (χ3n) is 1.51. The van der Waals surface area contributed by atoms with Crippen molar-refractivity contribution >= 4 is 29.0 Å². The van der Waals surface area contributed by atoms with Crippen molar-refractivity contribution < 1.29 is 18.0 Å². The lowest BCUT2D eigenvalue weighted by atomic mass is 10.3. The van der Waals surface area contributed by atoms with Crippen molar-refractivity contribution in [3.8, 4) is 0 Å². The Kier molecular flexibility index (Phi) is 3.48. The Morgan fingerprint density at radius 3 is 2.50 bits per heavy atom. The van der Waals surface area contributed by atoms with E-state index in [2.05, 4.69) is 0 Å². The highest BCUT2D eigenvalue weighted by Crippen LogP contribution is 2.22. The van der Waals surface area contributed by atoms with Gasteiger partial charge in [0.05, 0.1) is 10.7 Å². The first kappa shape index (κ1) is 12.4. The number of urea groups is 1. The Labute approximate surface area is 93.6 Å². The number of carbonyl (C=O) groups excluding carboxylic acids is 1. The highest BCUT2D eigenvalue weighted by Gasteiger charge is 2.29. The highest BCUT2D eigenvalue weighted by molar-refractivity contribution is 6.33. The van der Waals surface area contributed by atoms with Crippen molar-refractivity contribution in [3.05, 3.63) is 23.2 Å². The predicted octanol–water partition coefficient (Wildman–Crippen LogP) is 2.56. The van der Waals surface area contributed by atoms with Crippen molar-refractivity contribution in [2.75, 3.05) is 11.1 Å². The third kappa shape index (κ3) is 3.85. The number of nitrogen functional groups attached to an aromatic ring is 1. The fourth-order valence-corrected chi connectivity index (χ4v) is 1.08. The summed E-state index contributed by atoms with van der Waals surface area (Å²) in [4.78, 5) is 10.8. The lowest BCUT2D eigenvalue weighted by molar-refractivity contribution is -0.144. The molecule has 0 saturated carbocycles. The molecule has 1 aromatic rings. The lowest BCUT2D eigenvalue weighted by Gasteiger charge is -2.10. The number of nitrogens with two attached hydrogens (primary N) is 1. The van der Waals surface area contributed by atoms with Crippen LogP contribution in [0.4, 0.5) is 29.3 Å². The van der Waals surface area contributed by atoms with Crippen LogP contribution in [0.1, 0.15) is 0 Å². The van der Waals surface area contributed by atoms with Gasteiger partial charge in [-0.25, -0.2) is 10.1 Å². The van der Waals surface area contributed by atoms with Gasteiger partial charge in [-0.1, -0.05) is 11.6 Å². The Morgan fingerprint density at radius 1 is 1.38 bits per heavy atom. The number of rotatable bonds is 1. The van der Waals surface area contributed by atoms with Gasteiger partial charge in [-0.3, -0.25) is 0 Å². The second-order valence-corrected chi connectivity index (χ2v) is 3.22. The molecule has 0 aliphatic rings. The van der Waals surface area contributed by atoms with Gasteiger partial charge in [-0.2, -0.15) is 13.2 Å². The summed E-state index contributed by atoms with van der Waals surface area (Å²) >= 11 is 5.61. The number of amides is 2. The average molecular weight is 254 g/mol. The van der Waals surface area contributed by atoms with Crippen molar-refractivity contribution in [1.82, 2.24) is 5.32 Å². The van der Waals surface area contributed by atoms with E-state index < -0.39 is 12.3 Å². The van der Waals surface area contributed by atoms with Crippen molar-refractivity contribution in [1.29, 1.82) is 0 Å². The second kappa shape index (κ2) is 4.48. The maximum absolute atomic E-state index is 11.7. The maximum atomic E-state index is 11.7. The number of hydrogen-bond donors (Lipinski definition) is 3. The van der Waals surface area contributed by atoms with Crippen LogP contribution in [0.3, 0.4) is 0 Å². The summed E-state index contributed by atoms with van der Waals surface area (Å²) in [6.45, 7) is 0. The molecule has 0 heterocycles. The monoisotopic (exact) mass is 253 g/mol. The molecule has 0 aromatic heterocycles. The van der Waals surface area contributed by atoms with Gasteiger partial charge in [0, 0.05) is 5.69 Å². The van der Waals surface area contributed by atoms with E-state index in [1.165, 1.54) is 18.2 Å². The first-order valence-electron chi connectivity index (χ1n) is 3.99. The Morgan fingerprint density at radius 2 is 2.00 bits per heavy atom. The predicted molar refractivity (Wildman–Crippen MR) is 54.1 cm³/mol. The van der Waals surface area contributed by atoms with E-state index in [1.54, 1.807) is 0 Å². The molecule has 8 heteroatoms. The number of benzene rings is 1. The summed E-state index contributed by atoms with van der Waals surface area (Å²) in [7, 11) is 0. The van der Waals surface area contributed by atoms with Gasteiger partial charge in [0.25, 0.3) is 0 Å². The molecule has 4 N–H and O–H groups in total. The standard InChI is InChI=1S/C8H7ClF3N3O/c9-5-3-4(1-2-6(5)13)14-7(16)15-8(10,11)12/h1-3H,13H2,(H2,14,15,16). The van der Waals surface area contributed by atoms with E-state index in [4.69, 9.17) is 17.3 Å². The molecule has 0 unspecified atom stereocenters. The van der Waals surface area contributed by atoms with Gasteiger partial charge in [0.15, 0.2) is 0 Å². The Hall–Kier alpha value is -1.63. The summed E-state index contributed by atoms with van der Waals surface area (Å²) in [5.41, 5.74) is 5.76. The molecule has 0 radical (unpaired) electrons. The molecular weight excluding hydrogens is 247 g/mol. The molecule has 88 valence electrons. The van der Waals surface area contributed by atoms with Gasteiger partial charge < -0.3 is 11.1 Å². The van der Waals surface area contributed by atoms with Crippen LogP contribution >= 0.6 is 11.6 Å².